The van der Waals surface area contributed by atoms with E-state index in [4.69, 9.17) is 0 Å². The number of phenolic OH excluding ortho intramolecular Hbond substituents is 1. The molecule has 2 atom stereocenters. The van der Waals surface area contributed by atoms with Crippen molar-refractivity contribution in [2.75, 3.05) is 19.4 Å². The number of Topliss-reactive ketones (excluding diaryl/α,β-unsaturated/α-hetero) is 1. The molecule has 0 spiro atoms. The number of aliphatic hydroxyl groups excluding tert-OH is 1. The first-order valence-corrected chi connectivity index (χ1v) is 9.97. The number of rotatable bonds is 7. The maximum Gasteiger partial charge on any atom is 0.257 e. The first kappa shape index (κ1) is 20.0. The Hall–Kier alpha value is -3.32. The summed E-state index contributed by atoms with van der Waals surface area (Å²) in [6.07, 6.45) is 0.941. The number of nitrogens with one attached hydrogen (secondary N) is 2. The highest BCUT2D eigenvalue weighted by Gasteiger charge is 2.42. The van der Waals surface area contributed by atoms with Crippen LogP contribution in [0, 0.1) is 5.92 Å². The zero-order chi connectivity index (χ0) is 21.4. The second-order valence-electron chi connectivity index (χ2n) is 7.95. The number of amides is 1. The lowest BCUT2D eigenvalue weighted by Gasteiger charge is -2.33. The highest BCUT2D eigenvalue weighted by atomic mass is 16.3. The molecule has 0 radical (unpaired) electrons. The molecule has 0 aromatic heterocycles. The summed E-state index contributed by atoms with van der Waals surface area (Å²) in [5.74, 6) is -0.595. The summed E-state index contributed by atoms with van der Waals surface area (Å²) < 4.78 is 0. The van der Waals surface area contributed by atoms with Gasteiger partial charge in [-0.3, -0.25) is 9.59 Å². The average molecular weight is 407 g/mol. The summed E-state index contributed by atoms with van der Waals surface area (Å²) in [4.78, 5) is 26.0. The smallest absolute Gasteiger partial charge is 0.257 e. The van der Waals surface area contributed by atoms with Gasteiger partial charge in [0.15, 0.2) is 11.9 Å². The number of benzene rings is 2. The van der Waals surface area contributed by atoms with Crippen LogP contribution in [0.5, 0.6) is 5.75 Å². The first-order chi connectivity index (χ1) is 14.4. The first-order valence-electron chi connectivity index (χ1n) is 9.97. The van der Waals surface area contributed by atoms with Crippen molar-refractivity contribution in [2.24, 2.45) is 5.92 Å². The van der Waals surface area contributed by atoms with Crippen molar-refractivity contribution in [1.29, 1.82) is 0 Å². The molecular formula is C23H25N3O4. The van der Waals surface area contributed by atoms with Crippen molar-refractivity contribution >= 4 is 17.4 Å². The quantitative estimate of drug-likeness (QED) is 0.526. The Bertz CT molecular complexity index is 1010. The van der Waals surface area contributed by atoms with Gasteiger partial charge < -0.3 is 25.7 Å². The fourth-order valence-electron chi connectivity index (χ4n) is 3.66. The molecule has 2 aromatic rings. The van der Waals surface area contributed by atoms with Crippen LogP contribution < -0.4 is 10.6 Å². The SMILES string of the molecule is CN(C)C(=O)c1cccc(NC2=C(N[C@@H](c3ccccc3)C3CC3)C(O)C2=O)c1O. The molecule has 7 nitrogen and oxygen atoms in total. The Balaban J connectivity index is 1.62. The monoisotopic (exact) mass is 407 g/mol. The topological polar surface area (TPSA) is 102 Å². The molecule has 2 aliphatic rings. The van der Waals surface area contributed by atoms with Crippen LogP contribution in [0.1, 0.15) is 34.8 Å². The summed E-state index contributed by atoms with van der Waals surface area (Å²) in [7, 11) is 3.19. The van der Waals surface area contributed by atoms with Gasteiger partial charge in [0, 0.05) is 14.1 Å². The fraction of sp³-hybridized carbons (Fsp3) is 0.304. The predicted molar refractivity (Wildman–Crippen MR) is 113 cm³/mol. The van der Waals surface area contributed by atoms with Crippen LogP contribution in [0.2, 0.25) is 0 Å². The Labute approximate surface area is 175 Å². The van der Waals surface area contributed by atoms with Gasteiger partial charge in [0.25, 0.3) is 5.91 Å². The van der Waals surface area contributed by atoms with Crippen molar-refractivity contribution < 1.29 is 19.8 Å². The largest absolute Gasteiger partial charge is 0.505 e. The minimum absolute atomic E-state index is 0.00370. The van der Waals surface area contributed by atoms with Crippen LogP contribution in [0.15, 0.2) is 59.9 Å². The number of para-hydroxylation sites is 1. The maximum atomic E-state index is 12.4. The van der Waals surface area contributed by atoms with Gasteiger partial charge in [-0.15, -0.1) is 0 Å². The minimum atomic E-state index is -1.23. The van der Waals surface area contributed by atoms with E-state index in [2.05, 4.69) is 10.6 Å². The molecular weight excluding hydrogens is 382 g/mol. The van der Waals surface area contributed by atoms with E-state index in [1.165, 1.54) is 11.0 Å². The van der Waals surface area contributed by atoms with Crippen molar-refractivity contribution in [3.8, 4) is 5.75 Å². The number of carbonyl (C=O) groups is 2. The molecule has 30 heavy (non-hydrogen) atoms. The van der Waals surface area contributed by atoms with Crippen LogP contribution >= 0.6 is 0 Å². The number of phenols is 1. The average Bonchev–Trinajstić information content (AvgIpc) is 3.59. The van der Waals surface area contributed by atoms with E-state index in [0.29, 0.717) is 11.6 Å². The molecule has 1 unspecified atom stereocenters. The van der Waals surface area contributed by atoms with Crippen molar-refractivity contribution in [2.45, 2.75) is 25.0 Å². The molecule has 1 saturated carbocycles. The van der Waals surface area contributed by atoms with Gasteiger partial charge in [0.05, 0.1) is 23.0 Å². The number of aliphatic hydroxyl groups is 1. The van der Waals surface area contributed by atoms with Gasteiger partial charge >= 0.3 is 0 Å². The van der Waals surface area contributed by atoms with Gasteiger partial charge in [0.1, 0.15) is 5.70 Å². The van der Waals surface area contributed by atoms with Crippen LogP contribution in [0.4, 0.5) is 5.69 Å². The van der Waals surface area contributed by atoms with Crippen LogP contribution in [-0.2, 0) is 4.79 Å². The van der Waals surface area contributed by atoms with Gasteiger partial charge in [0.2, 0.25) is 5.78 Å². The summed E-state index contributed by atoms with van der Waals surface area (Å²) in [5.41, 5.74) is 2.07. The Morgan fingerprint density at radius 1 is 1.10 bits per heavy atom. The fourth-order valence-corrected chi connectivity index (χ4v) is 3.66. The molecule has 4 N–H and O–H groups in total. The maximum absolute atomic E-state index is 12.4. The Kier molecular flexibility index (Phi) is 5.22. The van der Waals surface area contributed by atoms with Gasteiger partial charge in [-0.05, 0) is 36.5 Å². The second kappa shape index (κ2) is 7.84. The second-order valence-corrected chi connectivity index (χ2v) is 7.95. The van der Waals surface area contributed by atoms with Gasteiger partial charge in [-0.2, -0.15) is 0 Å². The molecule has 2 aliphatic carbocycles. The Morgan fingerprint density at radius 2 is 1.80 bits per heavy atom. The zero-order valence-electron chi connectivity index (χ0n) is 16.9. The van der Waals surface area contributed by atoms with Crippen molar-refractivity contribution in [3.05, 3.63) is 71.1 Å². The molecule has 2 aromatic carbocycles. The normalized spacial score (nSPS) is 19.2. The molecule has 4 rings (SSSR count). The van der Waals surface area contributed by atoms with Crippen molar-refractivity contribution in [3.63, 3.8) is 0 Å². The van der Waals surface area contributed by atoms with Crippen LogP contribution in [-0.4, -0.2) is 47.0 Å². The lowest BCUT2D eigenvalue weighted by molar-refractivity contribution is -0.124. The van der Waals surface area contributed by atoms with E-state index in [-0.39, 0.29) is 34.6 Å². The minimum Gasteiger partial charge on any atom is -0.505 e. The summed E-state index contributed by atoms with van der Waals surface area (Å²) in [6, 6.07) is 14.7. The van der Waals surface area contributed by atoms with Gasteiger partial charge in [-0.1, -0.05) is 36.4 Å². The number of aromatic hydroxyl groups is 1. The highest BCUT2D eigenvalue weighted by Crippen LogP contribution is 2.43. The molecule has 1 fully saturated rings. The lowest BCUT2D eigenvalue weighted by atomic mass is 9.92. The molecule has 7 heteroatoms. The highest BCUT2D eigenvalue weighted by molar-refractivity contribution is 6.11. The number of carbonyl (C=O) groups excluding carboxylic acids is 2. The van der Waals surface area contributed by atoms with E-state index in [1.807, 2.05) is 30.3 Å². The number of nitrogens with zero attached hydrogens (tertiary/aromatic N) is 1. The molecule has 0 bridgehead atoms. The summed E-state index contributed by atoms with van der Waals surface area (Å²) >= 11 is 0. The van der Waals surface area contributed by atoms with E-state index < -0.39 is 11.9 Å². The number of hydrogen-bond donors (Lipinski definition) is 4. The predicted octanol–water partition coefficient (Wildman–Crippen LogP) is 2.40. The van der Waals surface area contributed by atoms with E-state index in [0.717, 1.165) is 18.4 Å². The third kappa shape index (κ3) is 3.64. The third-order valence-corrected chi connectivity index (χ3v) is 5.53. The van der Waals surface area contributed by atoms with E-state index in [9.17, 15) is 19.8 Å². The number of ketones is 1. The van der Waals surface area contributed by atoms with Gasteiger partial charge in [-0.25, -0.2) is 0 Å². The standard InChI is InChI=1S/C23H25N3O4/c1-26(2)23(30)15-9-6-10-16(20(15)27)24-18-19(22(29)21(18)28)25-17(14-11-12-14)13-7-4-3-5-8-13/h3-10,14,17,22,24-25,27,29H,11-12H2,1-2H3/t17-,22?/m0/s1. The number of anilines is 1. The number of hydrogen-bond acceptors (Lipinski definition) is 6. The molecule has 1 amide bonds. The molecule has 156 valence electrons. The molecule has 0 saturated heterocycles. The summed E-state index contributed by atoms with van der Waals surface area (Å²) in [5, 5.41) is 27.1. The van der Waals surface area contributed by atoms with Crippen LogP contribution in [0.25, 0.3) is 0 Å². The van der Waals surface area contributed by atoms with E-state index >= 15 is 0 Å². The molecule has 0 heterocycles. The third-order valence-electron chi connectivity index (χ3n) is 5.53. The lowest BCUT2D eigenvalue weighted by Crippen LogP contribution is -2.47. The van der Waals surface area contributed by atoms with Crippen LogP contribution in [0.3, 0.4) is 0 Å². The Morgan fingerprint density at radius 3 is 2.43 bits per heavy atom. The summed E-state index contributed by atoms with van der Waals surface area (Å²) in [6.45, 7) is 0. The zero-order valence-corrected chi connectivity index (χ0v) is 16.9. The van der Waals surface area contributed by atoms with Crippen molar-refractivity contribution in [1.82, 2.24) is 10.2 Å². The van der Waals surface area contributed by atoms with E-state index in [1.54, 1.807) is 26.2 Å². The molecule has 0 aliphatic heterocycles.